The van der Waals surface area contributed by atoms with Crippen molar-refractivity contribution in [3.05, 3.63) is 48.9 Å². The van der Waals surface area contributed by atoms with Gasteiger partial charge in [0.05, 0.1) is 6.20 Å². The molecule has 0 aliphatic carbocycles. The molecule has 26 heavy (non-hydrogen) atoms. The zero-order valence-electron chi connectivity index (χ0n) is 14.1. The van der Waals surface area contributed by atoms with Crippen molar-refractivity contribution in [2.24, 2.45) is 0 Å². The lowest BCUT2D eigenvalue weighted by atomic mass is 10.2. The fraction of sp³-hybridized carbons (Fsp3) is 0.294. The van der Waals surface area contributed by atoms with E-state index in [1.165, 1.54) is 4.80 Å². The van der Waals surface area contributed by atoms with Crippen LogP contribution in [0.25, 0.3) is 11.4 Å². The lowest BCUT2D eigenvalue weighted by Crippen LogP contribution is -2.50. The first-order valence-corrected chi connectivity index (χ1v) is 8.41. The van der Waals surface area contributed by atoms with Crippen LogP contribution in [0.3, 0.4) is 0 Å². The van der Waals surface area contributed by atoms with E-state index in [4.69, 9.17) is 0 Å². The number of anilines is 1. The maximum atomic E-state index is 12.5. The van der Waals surface area contributed by atoms with Gasteiger partial charge in [0.15, 0.2) is 0 Å². The van der Waals surface area contributed by atoms with Gasteiger partial charge in [-0.3, -0.25) is 9.78 Å². The minimum absolute atomic E-state index is 0.0131. The molecule has 0 unspecified atom stereocenters. The van der Waals surface area contributed by atoms with Gasteiger partial charge in [-0.25, -0.2) is 4.98 Å². The number of carbonyl (C=O) groups excluding carboxylic acids is 1. The van der Waals surface area contributed by atoms with Crippen LogP contribution in [0.1, 0.15) is 0 Å². The summed E-state index contributed by atoms with van der Waals surface area (Å²) in [6.07, 6.45) is 5.06. The maximum Gasteiger partial charge on any atom is 0.246 e. The van der Waals surface area contributed by atoms with Crippen LogP contribution in [0.15, 0.2) is 48.9 Å². The van der Waals surface area contributed by atoms with E-state index < -0.39 is 0 Å². The standard InChI is InChI=1S/C17H18N8O/c26-16(13-25-21-17(20-22-25)14-4-2-1-3-5-14)24-10-8-23(9-11-24)15-12-18-6-7-19-15/h1-7,12H,8-11,13H2. The molecule has 1 aliphatic heterocycles. The molecule has 0 bridgehead atoms. The fourth-order valence-electron chi connectivity index (χ4n) is 2.87. The second-order valence-corrected chi connectivity index (χ2v) is 5.94. The smallest absolute Gasteiger partial charge is 0.246 e. The Hall–Kier alpha value is -3.36. The van der Waals surface area contributed by atoms with Crippen molar-refractivity contribution in [3.8, 4) is 11.4 Å². The highest BCUT2D eigenvalue weighted by Gasteiger charge is 2.22. The van der Waals surface area contributed by atoms with Gasteiger partial charge in [0.25, 0.3) is 0 Å². The molecule has 0 saturated carbocycles. The Kier molecular flexibility index (Phi) is 4.50. The van der Waals surface area contributed by atoms with Crippen LogP contribution >= 0.6 is 0 Å². The Bertz CT molecular complexity index is 859. The average Bonchev–Trinajstić information content (AvgIpc) is 3.18. The highest BCUT2D eigenvalue weighted by atomic mass is 16.2. The van der Waals surface area contributed by atoms with Crippen LogP contribution in [0, 0.1) is 0 Å². The van der Waals surface area contributed by atoms with Gasteiger partial charge < -0.3 is 9.80 Å². The summed E-state index contributed by atoms with van der Waals surface area (Å²) in [5.74, 6) is 1.34. The Labute approximate surface area is 150 Å². The van der Waals surface area contributed by atoms with E-state index in [2.05, 4.69) is 30.3 Å². The van der Waals surface area contributed by atoms with Crippen LogP contribution < -0.4 is 4.90 Å². The molecule has 0 spiro atoms. The van der Waals surface area contributed by atoms with E-state index in [1.54, 1.807) is 18.6 Å². The third-order valence-electron chi connectivity index (χ3n) is 4.27. The average molecular weight is 350 g/mol. The van der Waals surface area contributed by atoms with Crippen LogP contribution in [-0.2, 0) is 11.3 Å². The molecular weight excluding hydrogens is 332 g/mol. The number of hydrogen-bond acceptors (Lipinski definition) is 7. The molecule has 1 aromatic carbocycles. The molecule has 1 aliphatic rings. The van der Waals surface area contributed by atoms with Crippen molar-refractivity contribution in [2.75, 3.05) is 31.1 Å². The monoisotopic (exact) mass is 350 g/mol. The van der Waals surface area contributed by atoms with Crippen molar-refractivity contribution in [3.63, 3.8) is 0 Å². The van der Waals surface area contributed by atoms with Crippen molar-refractivity contribution < 1.29 is 4.79 Å². The van der Waals surface area contributed by atoms with Gasteiger partial charge in [-0.2, -0.15) is 4.80 Å². The maximum absolute atomic E-state index is 12.5. The highest BCUT2D eigenvalue weighted by molar-refractivity contribution is 5.76. The Balaban J connectivity index is 1.34. The molecule has 0 radical (unpaired) electrons. The lowest BCUT2D eigenvalue weighted by Gasteiger charge is -2.35. The van der Waals surface area contributed by atoms with E-state index in [-0.39, 0.29) is 12.5 Å². The second-order valence-electron chi connectivity index (χ2n) is 5.94. The topological polar surface area (TPSA) is 92.9 Å². The van der Waals surface area contributed by atoms with Crippen molar-refractivity contribution in [1.29, 1.82) is 0 Å². The number of aromatic nitrogens is 6. The summed E-state index contributed by atoms with van der Waals surface area (Å²) < 4.78 is 0. The van der Waals surface area contributed by atoms with Crippen molar-refractivity contribution in [2.45, 2.75) is 6.54 Å². The van der Waals surface area contributed by atoms with Gasteiger partial charge in [0.2, 0.25) is 11.7 Å². The number of piperazine rings is 1. The normalized spacial score (nSPS) is 14.5. The largest absolute Gasteiger partial charge is 0.352 e. The van der Waals surface area contributed by atoms with E-state index in [9.17, 15) is 4.79 Å². The van der Waals surface area contributed by atoms with E-state index >= 15 is 0 Å². The third-order valence-corrected chi connectivity index (χ3v) is 4.27. The molecule has 1 amide bonds. The summed E-state index contributed by atoms with van der Waals surface area (Å²) in [5.41, 5.74) is 0.879. The third kappa shape index (κ3) is 3.51. The summed E-state index contributed by atoms with van der Waals surface area (Å²) in [4.78, 5) is 26.2. The molecule has 3 aromatic rings. The Morgan fingerprint density at radius 3 is 2.58 bits per heavy atom. The molecule has 1 saturated heterocycles. The fourth-order valence-corrected chi connectivity index (χ4v) is 2.87. The van der Waals surface area contributed by atoms with E-state index in [1.807, 2.05) is 35.2 Å². The van der Waals surface area contributed by atoms with Crippen molar-refractivity contribution >= 4 is 11.7 Å². The number of benzene rings is 1. The Morgan fingerprint density at radius 2 is 1.85 bits per heavy atom. The zero-order chi connectivity index (χ0) is 17.8. The summed E-state index contributed by atoms with van der Waals surface area (Å²) in [7, 11) is 0. The van der Waals surface area contributed by atoms with E-state index in [0.29, 0.717) is 18.9 Å². The zero-order valence-corrected chi connectivity index (χ0v) is 14.1. The van der Waals surface area contributed by atoms with Crippen LogP contribution in [0.4, 0.5) is 5.82 Å². The molecule has 3 heterocycles. The Morgan fingerprint density at radius 1 is 1.04 bits per heavy atom. The lowest BCUT2D eigenvalue weighted by molar-refractivity contribution is -0.132. The molecule has 2 aromatic heterocycles. The van der Waals surface area contributed by atoms with Gasteiger partial charge in [0.1, 0.15) is 12.4 Å². The number of tetrazole rings is 1. The molecule has 132 valence electrons. The number of hydrogen-bond donors (Lipinski definition) is 0. The SMILES string of the molecule is O=C(Cn1nnc(-c2ccccc2)n1)N1CCN(c2cnccn2)CC1. The highest BCUT2D eigenvalue weighted by Crippen LogP contribution is 2.13. The minimum Gasteiger partial charge on any atom is -0.352 e. The first kappa shape index (κ1) is 16.1. The van der Waals surface area contributed by atoms with Gasteiger partial charge >= 0.3 is 0 Å². The quantitative estimate of drug-likeness (QED) is 0.675. The predicted octanol–water partition coefficient (Wildman–Crippen LogP) is 0.479. The number of nitrogens with zero attached hydrogens (tertiary/aromatic N) is 8. The number of amides is 1. The van der Waals surface area contributed by atoms with Gasteiger partial charge in [-0.05, 0) is 5.21 Å². The van der Waals surface area contributed by atoms with Gasteiger partial charge in [-0.15, -0.1) is 10.2 Å². The predicted molar refractivity (Wildman–Crippen MR) is 94.1 cm³/mol. The molecule has 4 rings (SSSR count). The van der Waals surface area contributed by atoms with Gasteiger partial charge in [0, 0.05) is 44.1 Å². The van der Waals surface area contributed by atoms with Crippen LogP contribution in [0.5, 0.6) is 0 Å². The first-order chi connectivity index (χ1) is 12.8. The first-order valence-electron chi connectivity index (χ1n) is 8.41. The molecule has 0 atom stereocenters. The summed E-state index contributed by atoms with van der Waals surface area (Å²) in [5, 5.41) is 12.3. The summed E-state index contributed by atoms with van der Waals surface area (Å²) in [6.45, 7) is 2.81. The van der Waals surface area contributed by atoms with E-state index in [0.717, 1.165) is 24.5 Å². The second kappa shape index (κ2) is 7.26. The molecule has 9 heteroatoms. The number of carbonyl (C=O) groups is 1. The van der Waals surface area contributed by atoms with Crippen LogP contribution in [0.2, 0.25) is 0 Å². The molecule has 0 N–H and O–H groups in total. The minimum atomic E-state index is -0.0131. The van der Waals surface area contributed by atoms with Gasteiger partial charge in [-0.1, -0.05) is 30.3 Å². The number of rotatable bonds is 4. The molecule has 9 nitrogen and oxygen atoms in total. The van der Waals surface area contributed by atoms with Crippen molar-refractivity contribution in [1.82, 2.24) is 35.1 Å². The van der Waals surface area contributed by atoms with Crippen LogP contribution in [-0.4, -0.2) is 67.2 Å². The molecule has 1 fully saturated rings. The molecular formula is C17H18N8O. The summed E-state index contributed by atoms with van der Waals surface area (Å²) in [6, 6.07) is 9.58. The summed E-state index contributed by atoms with van der Waals surface area (Å²) >= 11 is 0.